The monoisotopic (exact) mass is 329 g/mol. The third-order valence-electron chi connectivity index (χ3n) is 3.95. The molecule has 1 saturated heterocycles. The SMILES string of the molecule is O=C(NCC1OCCC(O)C1O)c1ncc(-c2ccccc2)cn1. The highest BCUT2D eigenvalue weighted by atomic mass is 16.5. The molecule has 0 bridgehead atoms. The average Bonchev–Trinajstić information content (AvgIpc) is 2.63. The Morgan fingerprint density at radius 2 is 1.88 bits per heavy atom. The summed E-state index contributed by atoms with van der Waals surface area (Å²) in [6.45, 7) is 0.432. The van der Waals surface area contributed by atoms with E-state index >= 15 is 0 Å². The molecule has 2 heterocycles. The maximum Gasteiger partial charge on any atom is 0.289 e. The van der Waals surface area contributed by atoms with Crippen LogP contribution in [0, 0.1) is 0 Å². The molecule has 0 aliphatic carbocycles. The van der Waals surface area contributed by atoms with Crippen LogP contribution in [0.2, 0.25) is 0 Å². The molecular weight excluding hydrogens is 310 g/mol. The summed E-state index contributed by atoms with van der Waals surface area (Å²) < 4.78 is 5.36. The van der Waals surface area contributed by atoms with Gasteiger partial charge in [0, 0.05) is 31.1 Å². The molecule has 1 fully saturated rings. The van der Waals surface area contributed by atoms with E-state index in [1.54, 1.807) is 12.4 Å². The number of carbonyl (C=O) groups excluding carboxylic acids is 1. The fourth-order valence-corrected chi connectivity index (χ4v) is 2.53. The van der Waals surface area contributed by atoms with Crippen molar-refractivity contribution in [1.29, 1.82) is 0 Å². The largest absolute Gasteiger partial charge is 0.390 e. The number of aliphatic hydroxyl groups is 2. The normalized spacial score (nSPS) is 23.7. The van der Waals surface area contributed by atoms with Crippen LogP contribution in [0.25, 0.3) is 11.1 Å². The fraction of sp³-hybridized carbons (Fsp3) is 0.353. The van der Waals surface area contributed by atoms with Gasteiger partial charge >= 0.3 is 0 Å². The van der Waals surface area contributed by atoms with Crippen molar-refractivity contribution in [2.75, 3.05) is 13.2 Å². The van der Waals surface area contributed by atoms with Crippen LogP contribution in [-0.2, 0) is 4.74 Å². The summed E-state index contributed by atoms with van der Waals surface area (Å²) in [5.41, 5.74) is 1.79. The van der Waals surface area contributed by atoms with E-state index in [0.29, 0.717) is 13.0 Å². The van der Waals surface area contributed by atoms with Gasteiger partial charge in [-0.05, 0) is 12.0 Å². The zero-order chi connectivity index (χ0) is 16.9. The van der Waals surface area contributed by atoms with Gasteiger partial charge in [-0.1, -0.05) is 30.3 Å². The maximum absolute atomic E-state index is 12.1. The van der Waals surface area contributed by atoms with Crippen molar-refractivity contribution < 1.29 is 19.7 Å². The van der Waals surface area contributed by atoms with Gasteiger partial charge in [-0.2, -0.15) is 0 Å². The standard InChI is InChI=1S/C17H19N3O4/c21-13-6-7-24-14(15(13)22)10-20-17(23)16-18-8-12(9-19-16)11-4-2-1-3-5-11/h1-5,8-9,13-15,21-22H,6-7,10H2,(H,20,23). The lowest BCUT2D eigenvalue weighted by molar-refractivity contribution is -0.132. The topological polar surface area (TPSA) is 105 Å². The quantitative estimate of drug-likeness (QED) is 0.749. The van der Waals surface area contributed by atoms with Gasteiger partial charge in [0.2, 0.25) is 5.82 Å². The smallest absolute Gasteiger partial charge is 0.289 e. The van der Waals surface area contributed by atoms with Crippen LogP contribution < -0.4 is 5.32 Å². The van der Waals surface area contributed by atoms with E-state index in [4.69, 9.17) is 4.74 Å². The number of rotatable bonds is 4. The van der Waals surface area contributed by atoms with E-state index < -0.39 is 24.2 Å². The Morgan fingerprint density at radius 3 is 2.58 bits per heavy atom. The molecule has 1 aromatic carbocycles. The Kier molecular flexibility index (Phi) is 5.14. The maximum atomic E-state index is 12.1. The number of ether oxygens (including phenoxy) is 1. The fourth-order valence-electron chi connectivity index (χ4n) is 2.53. The van der Waals surface area contributed by atoms with Gasteiger partial charge in [-0.15, -0.1) is 0 Å². The van der Waals surface area contributed by atoms with Gasteiger partial charge in [0.15, 0.2) is 0 Å². The van der Waals surface area contributed by atoms with Crippen molar-refractivity contribution in [3.63, 3.8) is 0 Å². The van der Waals surface area contributed by atoms with Gasteiger partial charge in [-0.3, -0.25) is 4.79 Å². The van der Waals surface area contributed by atoms with E-state index in [9.17, 15) is 15.0 Å². The van der Waals surface area contributed by atoms with Gasteiger partial charge in [0.25, 0.3) is 5.91 Å². The number of hydrogen-bond acceptors (Lipinski definition) is 6. The van der Waals surface area contributed by atoms with Gasteiger partial charge < -0.3 is 20.3 Å². The first-order valence-corrected chi connectivity index (χ1v) is 7.78. The summed E-state index contributed by atoms with van der Waals surface area (Å²) in [4.78, 5) is 20.2. The third kappa shape index (κ3) is 3.76. The first-order valence-electron chi connectivity index (χ1n) is 7.78. The second kappa shape index (κ2) is 7.48. The minimum Gasteiger partial charge on any atom is -0.390 e. The van der Waals surface area contributed by atoms with E-state index in [1.165, 1.54) is 0 Å². The van der Waals surface area contributed by atoms with E-state index in [1.807, 2.05) is 30.3 Å². The molecule has 2 aromatic rings. The van der Waals surface area contributed by atoms with Crippen molar-refractivity contribution >= 4 is 5.91 Å². The molecular formula is C17H19N3O4. The van der Waals surface area contributed by atoms with Crippen LogP contribution in [0.1, 0.15) is 17.0 Å². The van der Waals surface area contributed by atoms with Crippen LogP contribution >= 0.6 is 0 Å². The second-order valence-electron chi connectivity index (χ2n) is 5.63. The highest BCUT2D eigenvalue weighted by molar-refractivity contribution is 5.90. The Balaban J connectivity index is 1.59. The summed E-state index contributed by atoms with van der Waals surface area (Å²) in [6.07, 6.45) is 1.08. The molecule has 126 valence electrons. The average molecular weight is 329 g/mol. The third-order valence-corrected chi connectivity index (χ3v) is 3.95. The number of benzene rings is 1. The Labute approximate surface area is 139 Å². The van der Waals surface area contributed by atoms with E-state index in [-0.39, 0.29) is 12.4 Å². The van der Waals surface area contributed by atoms with Gasteiger partial charge in [0.05, 0.1) is 6.10 Å². The molecule has 0 spiro atoms. The first kappa shape index (κ1) is 16.5. The Bertz CT molecular complexity index is 678. The molecule has 0 saturated carbocycles. The van der Waals surface area contributed by atoms with Crippen molar-refractivity contribution in [3.8, 4) is 11.1 Å². The Hall–Kier alpha value is -2.35. The first-order chi connectivity index (χ1) is 11.6. The number of nitrogens with zero attached hydrogens (tertiary/aromatic N) is 2. The van der Waals surface area contributed by atoms with Crippen LogP contribution in [0.5, 0.6) is 0 Å². The lowest BCUT2D eigenvalue weighted by Gasteiger charge is -2.31. The lowest BCUT2D eigenvalue weighted by atomic mass is 10.0. The summed E-state index contributed by atoms with van der Waals surface area (Å²) in [7, 11) is 0. The number of carbonyl (C=O) groups is 1. The van der Waals surface area contributed by atoms with Crippen LogP contribution in [0.4, 0.5) is 0 Å². The summed E-state index contributed by atoms with van der Waals surface area (Å²) in [5, 5.41) is 22.0. The molecule has 3 atom stereocenters. The zero-order valence-electron chi connectivity index (χ0n) is 13.0. The number of nitrogens with one attached hydrogen (secondary N) is 1. The highest BCUT2D eigenvalue weighted by Gasteiger charge is 2.31. The second-order valence-corrected chi connectivity index (χ2v) is 5.63. The number of amides is 1. The molecule has 7 heteroatoms. The minimum absolute atomic E-state index is 0.0422. The molecule has 7 nitrogen and oxygen atoms in total. The highest BCUT2D eigenvalue weighted by Crippen LogP contribution is 2.16. The minimum atomic E-state index is -1.01. The van der Waals surface area contributed by atoms with Gasteiger partial charge in [0.1, 0.15) is 12.2 Å². The van der Waals surface area contributed by atoms with Crippen molar-refractivity contribution in [3.05, 3.63) is 48.5 Å². The van der Waals surface area contributed by atoms with Crippen LogP contribution in [0.3, 0.4) is 0 Å². The van der Waals surface area contributed by atoms with Crippen LogP contribution in [-0.4, -0.2) is 57.6 Å². The van der Waals surface area contributed by atoms with Crippen molar-refractivity contribution in [1.82, 2.24) is 15.3 Å². The molecule has 3 N–H and O–H groups in total. The molecule has 1 amide bonds. The molecule has 24 heavy (non-hydrogen) atoms. The molecule has 1 aliphatic rings. The predicted octanol–water partition coefficient (Wildman–Crippen LogP) is 0.384. The molecule has 3 rings (SSSR count). The van der Waals surface area contributed by atoms with E-state index in [0.717, 1.165) is 11.1 Å². The number of hydrogen-bond donors (Lipinski definition) is 3. The Morgan fingerprint density at radius 1 is 1.17 bits per heavy atom. The van der Waals surface area contributed by atoms with Crippen molar-refractivity contribution in [2.24, 2.45) is 0 Å². The lowest BCUT2D eigenvalue weighted by Crippen LogP contribution is -2.50. The molecule has 1 aromatic heterocycles. The summed E-state index contributed by atoms with van der Waals surface area (Å²) in [6, 6.07) is 9.63. The number of aromatic nitrogens is 2. The van der Waals surface area contributed by atoms with Crippen LogP contribution in [0.15, 0.2) is 42.7 Å². The molecule has 0 radical (unpaired) electrons. The van der Waals surface area contributed by atoms with Gasteiger partial charge in [-0.25, -0.2) is 9.97 Å². The van der Waals surface area contributed by atoms with E-state index in [2.05, 4.69) is 15.3 Å². The number of aliphatic hydroxyl groups excluding tert-OH is 2. The molecule has 1 aliphatic heterocycles. The zero-order valence-corrected chi connectivity index (χ0v) is 13.0. The summed E-state index contributed by atoms with van der Waals surface area (Å²) in [5.74, 6) is -0.411. The molecule has 3 unspecified atom stereocenters. The summed E-state index contributed by atoms with van der Waals surface area (Å²) >= 11 is 0. The predicted molar refractivity (Wildman–Crippen MR) is 86.2 cm³/mol. The van der Waals surface area contributed by atoms with Crippen molar-refractivity contribution in [2.45, 2.75) is 24.7 Å².